The zero-order valence-electron chi connectivity index (χ0n) is 14.7. The van der Waals surface area contributed by atoms with Crippen molar-refractivity contribution in [1.29, 1.82) is 0 Å². The van der Waals surface area contributed by atoms with Crippen molar-refractivity contribution in [2.75, 3.05) is 13.1 Å². The summed E-state index contributed by atoms with van der Waals surface area (Å²) in [6.07, 6.45) is 3.31. The SMILES string of the molecule is CC(C)[C@H](N)C(=O)NCC(=O)NCC1(c2ccc(Br)cc2)CCC1.Cl. The van der Waals surface area contributed by atoms with Gasteiger partial charge in [-0.15, -0.1) is 12.4 Å². The molecule has 7 heteroatoms. The Balaban J connectivity index is 0.00000312. The fourth-order valence-electron chi connectivity index (χ4n) is 2.89. The third-order valence-corrected chi connectivity index (χ3v) is 5.36. The molecule has 5 nitrogen and oxygen atoms in total. The predicted octanol–water partition coefficient (Wildman–Crippen LogP) is 2.51. The number of carbonyl (C=O) groups is 2. The summed E-state index contributed by atoms with van der Waals surface area (Å²) in [5, 5.41) is 5.56. The summed E-state index contributed by atoms with van der Waals surface area (Å²) in [5.74, 6) is -0.419. The van der Waals surface area contributed by atoms with Gasteiger partial charge in [-0.1, -0.05) is 48.3 Å². The van der Waals surface area contributed by atoms with E-state index in [9.17, 15) is 9.59 Å². The molecule has 1 atom stereocenters. The van der Waals surface area contributed by atoms with Crippen LogP contribution in [0.5, 0.6) is 0 Å². The molecule has 0 aromatic heterocycles. The standard InChI is InChI=1S/C18H26BrN3O2.ClH/c1-12(2)16(20)17(24)21-10-15(23)22-11-18(8-3-9-18)13-4-6-14(19)7-5-13;/h4-7,12,16H,3,8-11,20H2,1-2H3,(H,21,24)(H,22,23);1H/t16-;/m0./s1. The summed E-state index contributed by atoms with van der Waals surface area (Å²) in [4.78, 5) is 23.8. The monoisotopic (exact) mass is 431 g/mol. The number of hydrogen-bond acceptors (Lipinski definition) is 3. The molecule has 0 saturated heterocycles. The van der Waals surface area contributed by atoms with Crippen molar-refractivity contribution in [1.82, 2.24) is 10.6 Å². The van der Waals surface area contributed by atoms with Gasteiger partial charge in [0.05, 0.1) is 12.6 Å². The molecule has 140 valence electrons. The van der Waals surface area contributed by atoms with Crippen LogP contribution in [0.25, 0.3) is 0 Å². The van der Waals surface area contributed by atoms with Gasteiger partial charge in [-0.05, 0) is 36.5 Å². The quantitative estimate of drug-likeness (QED) is 0.619. The average Bonchev–Trinajstić information content (AvgIpc) is 2.52. The summed E-state index contributed by atoms with van der Waals surface area (Å²) in [6, 6.07) is 7.70. The lowest BCUT2D eigenvalue weighted by Gasteiger charge is -2.42. The Morgan fingerprint density at radius 3 is 2.28 bits per heavy atom. The van der Waals surface area contributed by atoms with Crippen LogP contribution in [0.3, 0.4) is 0 Å². The molecule has 0 heterocycles. The topological polar surface area (TPSA) is 84.2 Å². The fraction of sp³-hybridized carbons (Fsp3) is 0.556. The van der Waals surface area contributed by atoms with E-state index in [2.05, 4.69) is 38.7 Å². The maximum atomic E-state index is 12.0. The average molecular weight is 433 g/mol. The number of rotatable bonds is 7. The summed E-state index contributed by atoms with van der Waals surface area (Å²) in [6.45, 7) is 4.32. The highest BCUT2D eigenvalue weighted by Crippen LogP contribution is 2.43. The van der Waals surface area contributed by atoms with Crippen molar-refractivity contribution in [3.05, 3.63) is 34.3 Å². The van der Waals surface area contributed by atoms with Crippen molar-refractivity contribution >= 4 is 40.2 Å². The van der Waals surface area contributed by atoms with E-state index in [1.54, 1.807) is 0 Å². The second-order valence-electron chi connectivity index (χ2n) is 6.91. The van der Waals surface area contributed by atoms with E-state index >= 15 is 0 Å². The van der Waals surface area contributed by atoms with Gasteiger partial charge in [-0.3, -0.25) is 9.59 Å². The van der Waals surface area contributed by atoms with Gasteiger partial charge < -0.3 is 16.4 Å². The second-order valence-corrected chi connectivity index (χ2v) is 7.82. The van der Waals surface area contributed by atoms with Gasteiger partial charge in [0.15, 0.2) is 0 Å². The highest BCUT2D eigenvalue weighted by atomic mass is 79.9. The van der Waals surface area contributed by atoms with Gasteiger partial charge in [0.2, 0.25) is 11.8 Å². The number of nitrogens with two attached hydrogens (primary N) is 1. The first-order valence-electron chi connectivity index (χ1n) is 8.40. The molecule has 25 heavy (non-hydrogen) atoms. The molecule has 1 aliphatic rings. The number of halogens is 2. The van der Waals surface area contributed by atoms with Crippen LogP contribution in [0.4, 0.5) is 0 Å². The van der Waals surface area contributed by atoms with Crippen LogP contribution in [-0.4, -0.2) is 30.9 Å². The van der Waals surface area contributed by atoms with E-state index in [-0.39, 0.29) is 42.1 Å². The Labute approximate surface area is 164 Å². The third-order valence-electron chi connectivity index (χ3n) is 4.84. The van der Waals surface area contributed by atoms with E-state index in [1.807, 2.05) is 26.0 Å². The normalized spacial score (nSPS) is 16.4. The summed E-state index contributed by atoms with van der Waals surface area (Å²) < 4.78 is 1.05. The Hall–Kier alpha value is -1.11. The summed E-state index contributed by atoms with van der Waals surface area (Å²) in [5.41, 5.74) is 7.04. The molecular weight excluding hydrogens is 406 g/mol. The molecular formula is C18H27BrClN3O2. The lowest BCUT2D eigenvalue weighted by atomic mass is 9.64. The van der Waals surface area contributed by atoms with Crippen LogP contribution < -0.4 is 16.4 Å². The highest BCUT2D eigenvalue weighted by Gasteiger charge is 2.38. The van der Waals surface area contributed by atoms with Crippen LogP contribution in [0.1, 0.15) is 38.7 Å². The van der Waals surface area contributed by atoms with E-state index in [4.69, 9.17) is 5.73 Å². The van der Waals surface area contributed by atoms with Crippen LogP contribution in [-0.2, 0) is 15.0 Å². The lowest BCUT2D eigenvalue weighted by molar-refractivity contribution is -0.127. The predicted molar refractivity (Wildman–Crippen MR) is 106 cm³/mol. The summed E-state index contributed by atoms with van der Waals surface area (Å²) >= 11 is 3.45. The zero-order chi connectivity index (χ0) is 17.7. The largest absolute Gasteiger partial charge is 0.354 e. The molecule has 2 amide bonds. The zero-order valence-corrected chi connectivity index (χ0v) is 17.1. The van der Waals surface area contributed by atoms with Crippen molar-refractivity contribution < 1.29 is 9.59 Å². The van der Waals surface area contributed by atoms with Crippen LogP contribution >= 0.6 is 28.3 Å². The number of amides is 2. The smallest absolute Gasteiger partial charge is 0.239 e. The lowest BCUT2D eigenvalue weighted by Crippen LogP contribution is -2.50. The van der Waals surface area contributed by atoms with Crippen molar-refractivity contribution in [3.63, 3.8) is 0 Å². The van der Waals surface area contributed by atoms with Crippen LogP contribution in [0.2, 0.25) is 0 Å². The van der Waals surface area contributed by atoms with Crippen LogP contribution in [0, 0.1) is 5.92 Å². The molecule has 1 aliphatic carbocycles. The van der Waals surface area contributed by atoms with E-state index < -0.39 is 6.04 Å². The van der Waals surface area contributed by atoms with E-state index in [1.165, 1.54) is 12.0 Å². The second kappa shape index (κ2) is 9.55. The first-order chi connectivity index (χ1) is 11.3. The van der Waals surface area contributed by atoms with Crippen LogP contribution in [0.15, 0.2) is 28.7 Å². The van der Waals surface area contributed by atoms with Gasteiger partial charge in [-0.25, -0.2) is 0 Å². The minimum absolute atomic E-state index is 0. The van der Waals surface area contributed by atoms with Crippen molar-refractivity contribution in [2.45, 2.75) is 44.6 Å². The van der Waals surface area contributed by atoms with Gasteiger partial charge in [0, 0.05) is 16.4 Å². The molecule has 0 aliphatic heterocycles. The number of hydrogen-bond donors (Lipinski definition) is 3. The van der Waals surface area contributed by atoms with Gasteiger partial charge in [0.25, 0.3) is 0 Å². The van der Waals surface area contributed by atoms with Gasteiger partial charge in [0.1, 0.15) is 0 Å². The highest BCUT2D eigenvalue weighted by molar-refractivity contribution is 9.10. The first-order valence-corrected chi connectivity index (χ1v) is 9.19. The Morgan fingerprint density at radius 1 is 1.20 bits per heavy atom. The molecule has 0 radical (unpaired) electrons. The first kappa shape index (κ1) is 21.9. The number of nitrogens with one attached hydrogen (secondary N) is 2. The summed E-state index contributed by atoms with van der Waals surface area (Å²) in [7, 11) is 0. The minimum atomic E-state index is -0.585. The van der Waals surface area contributed by atoms with Gasteiger partial charge in [-0.2, -0.15) is 0 Å². The number of benzene rings is 1. The molecule has 4 N–H and O–H groups in total. The molecule has 1 saturated carbocycles. The van der Waals surface area contributed by atoms with E-state index in [0.717, 1.165) is 17.3 Å². The molecule has 1 fully saturated rings. The number of carbonyl (C=O) groups excluding carboxylic acids is 2. The fourth-order valence-corrected chi connectivity index (χ4v) is 3.16. The molecule has 0 unspecified atom stereocenters. The maximum Gasteiger partial charge on any atom is 0.239 e. The van der Waals surface area contributed by atoms with Crippen molar-refractivity contribution in [3.8, 4) is 0 Å². The van der Waals surface area contributed by atoms with Gasteiger partial charge >= 0.3 is 0 Å². The third kappa shape index (κ3) is 5.69. The minimum Gasteiger partial charge on any atom is -0.354 e. The Morgan fingerprint density at radius 2 is 1.80 bits per heavy atom. The molecule has 0 bridgehead atoms. The Bertz CT molecular complexity index is 588. The maximum absolute atomic E-state index is 12.0. The molecule has 2 rings (SSSR count). The van der Waals surface area contributed by atoms with Crippen molar-refractivity contribution in [2.24, 2.45) is 11.7 Å². The molecule has 0 spiro atoms. The molecule has 1 aromatic rings. The molecule has 1 aromatic carbocycles. The van der Waals surface area contributed by atoms with E-state index in [0.29, 0.717) is 6.54 Å². The Kier molecular flexibility index (Phi) is 8.38.